The van der Waals surface area contributed by atoms with Gasteiger partial charge in [-0.05, 0) is 29.8 Å². The van der Waals surface area contributed by atoms with Crippen LogP contribution < -0.4 is 19.7 Å². The van der Waals surface area contributed by atoms with Gasteiger partial charge in [0.05, 0.1) is 18.7 Å². The third-order valence-corrected chi connectivity index (χ3v) is 6.57. The van der Waals surface area contributed by atoms with Crippen molar-refractivity contribution in [3.05, 3.63) is 59.2 Å². The maximum absolute atomic E-state index is 12.7. The zero-order valence-corrected chi connectivity index (χ0v) is 19.8. The van der Waals surface area contributed by atoms with Crippen LogP contribution in [0.2, 0.25) is 0 Å². The number of benzene rings is 2. The summed E-state index contributed by atoms with van der Waals surface area (Å²) >= 11 is 0. The van der Waals surface area contributed by atoms with Gasteiger partial charge in [-0.15, -0.1) is 0 Å². The number of quaternary nitrogens is 1. The third-order valence-electron chi connectivity index (χ3n) is 6.57. The van der Waals surface area contributed by atoms with E-state index in [1.165, 1.54) is 4.90 Å². The van der Waals surface area contributed by atoms with E-state index in [1.807, 2.05) is 0 Å². The molecule has 0 aromatic heterocycles. The zero-order valence-electron chi connectivity index (χ0n) is 19.8. The SMILES string of the molecule is O=C(CCC(=O)c1ccc(C(F)(F)F)cc1)NC(C[NH+]1CCCC1)C(O)c1ccc2c(c1)OCCO2. The number of rotatable bonds is 9. The number of fused-ring (bicyclic) bond motifs is 1. The highest BCUT2D eigenvalue weighted by atomic mass is 19.4. The number of ketones is 1. The number of likely N-dealkylation sites (tertiary alicyclic amines) is 1. The molecule has 2 unspecified atom stereocenters. The van der Waals surface area contributed by atoms with Crippen LogP contribution in [-0.2, 0) is 11.0 Å². The van der Waals surface area contributed by atoms with E-state index in [9.17, 15) is 27.9 Å². The molecule has 2 aliphatic rings. The van der Waals surface area contributed by atoms with Gasteiger partial charge in [-0.3, -0.25) is 9.59 Å². The maximum Gasteiger partial charge on any atom is 0.416 e. The summed E-state index contributed by atoms with van der Waals surface area (Å²) in [5.74, 6) is 0.312. The van der Waals surface area contributed by atoms with E-state index in [-0.39, 0.29) is 18.4 Å². The average Bonchev–Trinajstić information content (AvgIpc) is 3.39. The molecule has 2 atom stereocenters. The normalized spacial score (nSPS) is 17.4. The molecular weight excluding hydrogens is 477 g/mol. The van der Waals surface area contributed by atoms with Crippen LogP contribution in [-0.4, -0.2) is 55.7 Å². The Balaban J connectivity index is 1.39. The number of aliphatic hydroxyl groups is 1. The van der Waals surface area contributed by atoms with E-state index in [2.05, 4.69) is 5.32 Å². The second-order valence-corrected chi connectivity index (χ2v) is 9.18. The molecule has 3 N–H and O–H groups in total. The monoisotopic (exact) mass is 507 g/mol. The third kappa shape index (κ3) is 6.55. The summed E-state index contributed by atoms with van der Waals surface area (Å²) in [5.41, 5.74) is -0.133. The van der Waals surface area contributed by atoms with E-state index in [4.69, 9.17) is 9.47 Å². The van der Waals surface area contributed by atoms with Gasteiger partial charge in [0, 0.05) is 31.2 Å². The number of hydrogen-bond donors (Lipinski definition) is 3. The van der Waals surface area contributed by atoms with Crippen molar-refractivity contribution in [2.45, 2.75) is 44.0 Å². The molecule has 0 saturated carbocycles. The van der Waals surface area contributed by atoms with Crippen molar-refractivity contribution in [2.24, 2.45) is 0 Å². The molecule has 2 heterocycles. The highest BCUT2D eigenvalue weighted by Gasteiger charge is 2.31. The van der Waals surface area contributed by atoms with Crippen molar-refractivity contribution < 1.29 is 42.2 Å². The van der Waals surface area contributed by atoms with Crippen molar-refractivity contribution in [3.8, 4) is 11.5 Å². The molecule has 1 amide bonds. The van der Waals surface area contributed by atoms with Crippen LogP contribution in [0.25, 0.3) is 0 Å². The van der Waals surface area contributed by atoms with Crippen molar-refractivity contribution in [1.82, 2.24) is 5.32 Å². The molecule has 1 fully saturated rings. The first-order valence-corrected chi connectivity index (χ1v) is 12.1. The van der Waals surface area contributed by atoms with E-state index in [0.717, 1.165) is 50.2 Å². The minimum atomic E-state index is -4.48. The summed E-state index contributed by atoms with van der Waals surface area (Å²) in [6.45, 7) is 3.29. The predicted octanol–water partition coefficient (Wildman–Crippen LogP) is 2.34. The average molecular weight is 508 g/mol. The summed E-state index contributed by atoms with van der Waals surface area (Å²) < 4.78 is 49.4. The quantitative estimate of drug-likeness (QED) is 0.454. The number of halogens is 3. The van der Waals surface area contributed by atoms with Crippen molar-refractivity contribution >= 4 is 11.7 Å². The van der Waals surface area contributed by atoms with Crippen LogP contribution in [0.5, 0.6) is 11.5 Å². The Bertz CT molecular complexity index is 1070. The summed E-state index contributed by atoms with van der Waals surface area (Å²) in [6, 6.07) is 8.54. The van der Waals surface area contributed by atoms with Gasteiger partial charge in [0.25, 0.3) is 0 Å². The van der Waals surface area contributed by atoms with Crippen LogP contribution in [0.3, 0.4) is 0 Å². The van der Waals surface area contributed by atoms with Gasteiger partial charge < -0.3 is 24.8 Å². The van der Waals surface area contributed by atoms with Gasteiger partial charge in [0.15, 0.2) is 17.3 Å². The minimum absolute atomic E-state index is 0.116. The summed E-state index contributed by atoms with van der Waals surface area (Å²) in [5, 5.41) is 14.0. The van der Waals surface area contributed by atoms with Crippen LogP contribution in [0.15, 0.2) is 42.5 Å². The number of aliphatic hydroxyl groups excluding tert-OH is 1. The van der Waals surface area contributed by atoms with Gasteiger partial charge in [0.2, 0.25) is 5.91 Å². The molecule has 36 heavy (non-hydrogen) atoms. The molecule has 4 rings (SSSR count). The molecule has 194 valence electrons. The largest absolute Gasteiger partial charge is 0.486 e. The number of nitrogens with one attached hydrogen (secondary N) is 2. The number of ether oxygens (including phenoxy) is 2. The first-order valence-electron chi connectivity index (χ1n) is 12.1. The number of carbonyl (C=O) groups excluding carboxylic acids is 2. The minimum Gasteiger partial charge on any atom is -0.486 e. The number of amides is 1. The molecule has 2 aromatic carbocycles. The molecule has 0 radical (unpaired) electrons. The highest BCUT2D eigenvalue weighted by Crippen LogP contribution is 2.33. The Labute approximate surface area is 207 Å². The van der Waals surface area contributed by atoms with Crippen molar-refractivity contribution in [2.75, 3.05) is 32.8 Å². The fourth-order valence-electron chi connectivity index (χ4n) is 4.60. The van der Waals surface area contributed by atoms with E-state index in [0.29, 0.717) is 36.8 Å². The zero-order chi connectivity index (χ0) is 25.7. The van der Waals surface area contributed by atoms with E-state index in [1.54, 1.807) is 18.2 Å². The first kappa shape index (κ1) is 26.0. The van der Waals surface area contributed by atoms with Gasteiger partial charge in [-0.25, -0.2) is 0 Å². The molecule has 1 saturated heterocycles. The second kappa shape index (κ2) is 11.3. The maximum atomic E-state index is 12.7. The number of hydrogen-bond acceptors (Lipinski definition) is 5. The molecule has 7 nitrogen and oxygen atoms in total. The number of alkyl halides is 3. The fraction of sp³-hybridized carbons (Fsp3) is 0.462. The van der Waals surface area contributed by atoms with E-state index >= 15 is 0 Å². The Morgan fingerprint density at radius 2 is 1.64 bits per heavy atom. The van der Waals surface area contributed by atoms with Gasteiger partial charge >= 0.3 is 6.18 Å². The van der Waals surface area contributed by atoms with Crippen LogP contribution in [0, 0.1) is 0 Å². The van der Waals surface area contributed by atoms with Crippen molar-refractivity contribution in [1.29, 1.82) is 0 Å². The Morgan fingerprint density at radius 3 is 2.31 bits per heavy atom. The lowest BCUT2D eigenvalue weighted by molar-refractivity contribution is -0.889. The van der Waals surface area contributed by atoms with E-state index < -0.39 is 35.6 Å². The molecule has 0 bridgehead atoms. The van der Waals surface area contributed by atoms with Gasteiger partial charge in [-0.1, -0.05) is 18.2 Å². The lowest BCUT2D eigenvalue weighted by Gasteiger charge is -2.27. The lowest BCUT2D eigenvalue weighted by Crippen LogP contribution is -3.11. The predicted molar refractivity (Wildman–Crippen MR) is 124 cm³/mol. The Hall–Kier alpha value is -3.11. The number of Topliss-reactive ketones (excluding diaryl/α,β-unsaturated/α-hetero) is 1. The summed E-state index contributed by atoms with van der Waals surface area (Å²) in [4.78, 5) is 26.4. The van der Waals surface area contributed by atoms with Crippen LogP contribution in [0.4, 0.5) is 13.2 Å². The van der Waals surface area contributed by atoms with Gasteiger partial charge in [0.1, 0.15) is 31.9 Å². The van der Waals surface area contributed by atoms with Crippen LogP contribution >= 0.6 is 0 Å². The smallest absolute Gasteiger partial charge is 0.416 e. The summed E-state index contributed by atoms with van der Waals surface area (Å²) in [6.07, 6.45) is -3.61. The van der Waals surface area contributed by atoms with Crippen LogP contribution in [0.1, 0.15) is 53.3 Å². The lowest BCUT2D eigenvalue weighted by atomic mass is 10.00. The molecule has 2 aromatic rings. The fourth-order valence-corrected chi connectivity index (χ4v) is 4.60. The van der Waals surface area contributed by atoms with Crippen molar-refractivity contribution in [3.63, 3.8) is 0 Å². The number of carbonyl (C=O) groups is 2. The molecule has 10 heteroatoms. The second-order valence-electron chi connectivity index (χ2n) is 9.18. The Kier molecular flexibility index (Phi) is 8.15. The standard InChI is InChI=1S/C26H29F3N2O5/c27-26(28,29)19-6-3-17(4-7-19)21(32)8-10-24(33)30-20(16-31-11-1-2-12-31)25(34)18-5-9-22-23(15-18)36-14-13-35-22/h3-7,9,15,20,25,34H,1-2,8,10-14,16H2,(H,30,33)/p+1. The Morgan fingerprint density at radius 1 is 0.972 bits per heavy atom. The summed E-state index contributed by atoms with van der Waals surface area (Å²) in [7, 11) is 0. The first-order chi connectivity index (χ1) is 17.2. The van der Waals surface area contributed by atoms with Gasteiger partial charge in [-0.2, -0.15) is 13.2 Å². The molecule has 2 aliphatic heterocycles. The topological polar surface area (TPSA) is 89.3 Å². The molecule has 0 spiro atoms. The highest BCUT2D eigenvalue weighted by molar-refractivity contribution is 5.98. The molecule has 0 aliphatic carbocycles. The molecular formula is C26H30F3N2O5+.